The molecule has 0 saturated carbocycles. The van der Waals surface area contributed by atoms with E-state index in [2.05, 4.69) is 0 Å². The van der Waals surface area contributed by atoms with Gasteiger partial charge in [0.15, 0.2) is 5.78 Å². The van der Waals surface area contributed by atoms with Crippen LogP contribution in [0.2, 0.25) is 5.15 Å². The van der Waals surface area contributed by atoms with E-state index in [1.807, 2.05) is 24.3 Å². The molecule has 1 aromatic heterocycles. The van der Waals surface area contributed by atoms with Gasteiger partial charge in [-0.3, -0.25) is 4.79 Å². The number of aromatic nitrogens is 1. The van der Waals surface area contributed by atoms with Crippen molar-refractivity contribution in [3.8, 4) is 0 Å². The number of hydrogen-bond donors (Lipinski definition) is 0. The highest BCUT2D eigenvalue weighted by Gasteiger charge is 2.19. The van der Waals surface area contributed by atoms with Crippen LogP contribution in [0.25, 0.3) is 10.9 Å². The molecule has 106 valence electrons. The quantitative estimate of drug-likeness (QED) is 0.644. The zero-order valence-corrected chi connectivity index (χ0v) is 12.2. The van der Waals surface area contributed by atoms with Gasteiger partial charge in [-0.2, -0.15) is 0 Å². The Labute approximate surface area is 126 Å². The topological polar surface area (TPSA) is 22.0 Å². The molecule has 1 heterocycles. The monoisotopic (exact) mass is 301 g/mol. The van der Waals surface area contributed by atoms with Crippen molar-refractivity contribution in [2.75, 3.05) is 0 Å². The zero-order chi connectivity index (χ0) is 15.0. The maximum absolute atomic E-state index is 13.8. The fraction of sp³-hybridized carbons (Fsp3) is 0.118. The molecule has 4 heteroatoms. The summed E-state index contributed by atoms with van der Waals surface area (Å²) < 4.78 is 15.6. The Balaban J connectivity index is 2.21. The van der Waals surface area contributed by atoms with Crippen LogP contribution in [-0.2, 0) is 6.54 Å². The minimum Gasteiger partial charge on any atom is -0.326 e. The summed E-state index contributed by atoms with van der Waals surface area (Å²) in [6.07, 6.45) is 0. The second kappa shape index (κ2) is 5.34. The summed E-state index contributed by atoms with van der Waals surface area (Å²) >= 11 is 6.37. The first-order valence-electron chi connectivity index (χ1n) is 6.60. The Morgan fingerprint density at radius 1 is 1.14 bits per heavy atom. The smallest absolute Gasteiger partial charge is 0.163 e. The van der Waals surface area contributed by atoms with E-state index in [0.29, 0.717) is 22.8 Å². The molecule has 0 spiro atoms. The van der Waals surface area contributed by atoms with Crippen molar-refractivity contribution in [2.24, 2.45) is 0 Å². The minimum atomic E-state index is -0.282. The lowest BCUT2D eigenvalue weighted by Gasteiger charge is -2.08. The van der Waals surface area contributed by atoms with Gasteiger partial charge in [0.2, 0.25) is 0 Å². The molecule has 21 heavy (non-hydrogen) atoms. The van der Waals surface area contributed by atoms with Crippen molar-refractivity contribution < 1.29 is 9.18 Å². The highest BCUT2D eigenvalue weighted by atomic mass is 35.5. The van der Waals surface area contributed by atoms with Gasteiger partial charge in [-0.05, 0) is 19.1 Å². The second-order valence-electron chi connectivity index (χ2n) is 4.92. The summed E-state index contributed by atoms with van der Waals surface area (Å²) in [7, 11) is 0. The number of rotatable bonds is 3. The number of nitrogens with zero attached hydrogens (tertiary/aromatic N) is 1. The lowest BCUT2D eigenvalue weighted by molar-refractivity contribution is 0.101. The number of Topliss-reactive ketones (excluding diaryl/α,β-unsaturated/α-hetero) is 1. The van der Waals surface area contributed by atoms with Crippen LogP contribution in [0.3, 0.4) is 0 Å². The summed E-state index contributed by atoms with van der Waals surface area (Å²) in [4.78, 5) is 11.8. The molecular weight excluding hydrogens is 289 g/mol. The third kappa shape index (κ3) is 2.34. The molecule has 0 saturated heterocycles. The summed E-state index contributed by atoms with van der Waals surface area (Å²) in [5.74, 6) is -0.376. The van der Waals surface area contributed by atoms with Crippen LogP contribution in [0, 0.1) is 5.82 Å². The predicted octanol–water partition coefficient (Wildman–Crippen LogP) is 4.68. The van der Waals surface area contributed by atoms with Gasteiger partial charge in [0.1, 0.15) is 11.0 Å². The van der Waals surface area contributed by atoms with Gasteiger partial charge >= 0.3 is 0 Å². The van der Waals surface area contributed by atoms with Crippen LogP contribution in [0.5, 0.6) is 0 Å². The third-order valence-corrected chi connectivity index (χ3v) is 3.94. The van der Waals surface area contributed by atoms with Crippen molar-refractivity contribution in [1.82, 2.24) is 4.57 Å². The van der Waals surface area contributed by atoms with E-state index in [-0.39, 0.29) is 11.6 Å². The van der Waals surface area contributed by atoms with Gasteiger partial charge < -0.3 is 4.57 Å². The lowest BCUT2D eigenvalue weighted by atomic mass is 10.1. The standard InChI is InChI=1S/C17H13ClFNO/c1-11(21)16-13-7-3-5-9-15(13)20(17(16)18)10-12-6-2-4-8-14(12)19/h2-9H,10H2,1H3. The van der Waals surface area contributed by atoms with Gasteiger partial charge in [-0.1, -0.05) is 48.0 Å². The van der Waals surface area contributed by atoms with E-state index in [1.165, 1.54) is 13.0 Å². The van der Waals surface area contributed by atoms with E-state index in [1.54, 1.807) is 22.8 Å². The number of fused-ring (bicyclic) bond motifs is 1. The Morgan fingerprint density at radius 3 is 2.52 bits per heavy atom. The van der Waals surface area contributed by atoms with Crippen LogP contribution in [0.1, 0.15) is 22.8 Å². The number of carbonyl (C=O) groups excluding carboxylic acids is 1. The Morgan fingerprint density at radius 2 is 1.81 bits per heavy atom. The van der Waals surface area contributed by atoms with Crippen molar-refractivity contribution in [3.05, 3.63) is 70.6 Å². The van der Waals surface area contributed by atoms with Crippen molar-refractivity contribution >= 4 is 28.3 Å². The van der Waals surface area contributed by atoms with Crippen LogP contribution < -0.4 is 0 Å². The van der Waals surface area contributed by atoms with Gasteiger partial charge in [0.05, 0.1) is 17.6 Å². The first-order valence-corrected chi connectivity index (χ1v) is 6.98. The zero-order valence-electron chi connectivity index (χ0n) is 11.4. The van der Waals surface area contributed by atoms with Crippen molar-refractivity contribution in [1.29, 1.82) is 0 Å². The normalized spacial score (nSPS) is 11.0. The second-order valence-corrected chi connectivity index (χ2v) is 5.27. The fourth-order valence-electron chi connectivity index (χ4n) is 2.56. The van der Waals surface area contributed by atoms with E-state index >= 15 is 0 Å². The molecule has 0 aliphatic rings. The van der Waals surface area contributed by atoms with Crippen LogP contribution >= 0.6 is 11.6 Å². The average Bonchev–Trinajstić information content (AvgIpc) is 2.74. The van der Waals surface area contributed by atoms with E-state index < -0.39 is 0 Å². The van der Waals surface area contributed by atoms with E-state index in [0.717, 1.165) is 10.9 Å². The minimum absolute atomic E-state index is 0.0940. The van der Waals surface area contributed by atoms with Crippen molar-refractivity contribution in [3.63, 3.8) is 0 Å². The molecule has 3 aromatic rings. The summed E-state index contributed by atoms with van der Waals surface area (Å²) in [5, 5.41) is 1.15. The Kier molecular flexibility index (Phi) is 3.52. The molecule has 0 N–H and O–H groups in total. The molecule has 0 bridgehead atoms. The first-order chi connectivity index (χ1) is 10.1. The molecule has 0 radical (unpaired) electrons. The number of ketones is 1. The molecule has 2 nitrogen and oxygen atoms in total. The summed E-state index contributed by atoms with van der Waals surface area (Å²) in [5.41, 5.74) is 1.86. The van der Waals surface area contributed by atoms with E-state index in [4.69, 9.17) is 11.6 Å². The molecule has 0 atom stereocenters. The number of benzene rings is 2. The summed E-state index contributed by atoms with van der Waals surface area (Å²) in [6.45, 7) is 1.78. The van der Waals surface area contributed by atoms with Crippen LogP contribution in [-0.4, -0.2) is 10.4 Å². The number of hydrogen-bond acceptors (Lipinski definition) is 1. The largest absolute Gasteiger partial charge is 0.326 e. The molecule has 0 amide bonds. The third-order valence-electron chi connectivity index (χ3n) is 3.55. The SMILES string of the molecule is CC(=O)c1c(Cl)n(Cc2ccccc2F)c2ccccc12. The predicted molar refractivity (Wildman–Crippen MR) is 82.5 cm³/mol. The fourth-order valence-corrected chi connectivity index (χ4v) is 2.94. The van der Waals surface area contributed by atoms with Gasteiger partial charge in [-0.15, -0.1) is 0 Å². The average molecular weight is 302 g/mol. The van der Waals surface area contributed by atoms with Gasteiger partial charge in [0.25, 0.3) is 0 Å². The molecule has 0 unspecified atom stereocenters. The summed E-state index contributed by atoms with van der Waals surface area (Å²) in [6, 6.07) is 14.0. The van der Waals surface area contributed by atoms with E-state index in [9.17, 15) is 9.18 Å². The molecule has 2 aromatic carbocycles. The number of carbonyl (C=O) groups is 1. The van der Waals surface area contributed by atoms with Crippen LogP contribution in [0.15, 0.2) is 48.5 Å². The number of halogens is 2. The van der Waals surface area contributed by atoms with Gasteiger partial charge in [0, 0.05) is 10.9 Å². The van der Waals surface area contributed by atoms with Gasteiger partial charge in [-0.25, -0.2) is 4.39 Å². The Hall–Kier alpha value is -2.13. The molecule has 0 aliphatic carbocycles. The Bertz CT molecular complexity index is 838. The lowest BCUT2D eigenvalue weighted by Crippen LogP contribution is -2.02. The molecule has 3 rings (SSSR count). The maximum atomic E-state index is 13.8. The number of para-hydroxylation sites is 1. The molecular formula is C17H13ClFNO. The molecule has 0 aliphatic heterocycles. The van der Waals surface area contributed by atoms with Crippen molar-refractivity contribution in [2.45, 2.75) is 13.5 Å². The highest BCUT2D eigenvalue weighted by molar-refractivity contribution is 6.35. The maximum Gasteiger partial charge on any atom is 0.163 e. The van der Waals surface area contributed by atoms with Crippen LogP contribution in [0.4, 0.5) is 4.39 Å². The first kappa shape index (κ1) is 13.8. The molecule has 0 fully saturated rings. The highest BCUT2D eigenvalue weighted by Crippen LogP contribution is 2.31.